The number of ether oxygens (including phenoxy) is 1. The zero-order valence-electron chi connectivity index (χ0n) is 14.4. The Morgan fingerprint density at radius 3 is 2.59 bits per heavy atom. The van der Waals surface area contributed by atoms with Crippen molar-refractivity contribution in [3.63, 3.8) is 0 Å². The molecule has 0 radical (unpaired) electrons. The number of nitrogens with zero attached hydrogens (tertiary/aromatic N) is 3. The minimum absolute atomic E-state index is 0.117. The zero-order valence-corrected chi connectivity index (χ0v) is 14.4. The van der Waals surface area contributed by atoms with Gasteiger partial charge in [-0.1, -0.05) is 30.3 Å². The second-order valence-corrected chi connectivity index (χ2v) is 5.72. The smallest absolute Gasteiger partial charge is 0.374 e. The summed E-state index contributed by atoms with van der Waals surface area (Å²) >= 11 is 0. The molecule has 0 atom stereocenters. The maximum absolute atomic E-state index is 13.8. The highest BCUT2D eigenvalue weighted by atomic mass is 19.1. The molecule has 2 aromatic heterocycles. The topological polar surface area (TPSA) is 49.2 Å². The highest BCUT2D eigenvalue weighted by molar-refractivity contribution is 6.25. The van der Waals surface area contributed by atoms with Gasteiger partial charge >= 0.3 is 7.48 Å². The molecule has 4 rings (SSSR count). The van der Waals surface area contributed by atoms with E-state index >= 15 is 0 Å². The van der Waals surface area contributed by atoms with Crippen LogP contribution in [0.1, 0.15) is 0 Å². The summed E-state index contributed by atoms with van der Waals surface area (Å²) in [4.78, 5) is 5.63. The molecule has 0 aliphatic carbocycles. The second kappa shape index (κ2) is 7.07. The molecule has 0 saturated carbocycles. The maximum Gasteiger partial charge on any atom is 0.374 e. The van der Waals surface area contributed by atoms with E-state index < -0.39 is 11.6 Å². The van der Waals surface area contributed by atoms with Gasteiger partial charge in [0.05, 0.1) is 5.39 Å². The molecule has 8 heteroatoms. The Hall–Kier alpha value is -3.42. The van der Waals surface area contributed by atoms with Gasteiger partial charge in [0, 0.05) is 23.9 Å². The zero-order chi connectivity index (χ0) is 18.8. The number of aromatic nitrogens is 3. The molecule has 134 valence electrons. The van der Waals surface area contributed by atoms with E-state index in [1.807, 2.05) is 37.2 Å². The number of halogens is 2. The number of pyridine rings is 1. The molecule has 0 aliphatic rings. The molecule has 0 amide bonds. The predicted octanol–water partition coefficient (Wildman–Crippen LogP) is 4.00. The monoisotopic (exact) mass is 365 g/mol. The Bertz CT molecular complexity index is 1100. The van der Waals surface area contributed by atoms with Crippen molar-refractivity contribution in [2.45, 2.75) is 6.82 Å². The van der Waals surface area contributed by atoms with Crippen molar-refractivity contribution in [1.29, 1.82) is 0 Å². The number of rotatable bonds is 5. The van der Waals surface area contributed by atoms with Crippen LogP contribution < -0.4 is 9.49 Å². The van der Waals surface area contributed by atoms with Gasteiger partial charge in [0.1, 0.15) is 17.0 Å². The summed E-state index contributed by atoms with van der Waals surface area (Å²) in [5.41, 5.74) is 2.26. The Morgan fingerprint density at radius 1 is 1.04 bits per heavy atom. The van der Waals surface area contributed by atoms with Crippen molar-refractivity contribution in [1.82, 2.24) is 14.9 Å². The van der Waals surface area contributed by atoms with Crippen molar-refractivity contribution in [3.8, 4) is 22.9 Å². The molecule has 2 aromatic carbocycles. The van der Waals surface area contributed by atoms with Gasteiger partial charge in [0.2, 0.25) is 5.88 Å². The standard InChI is InChI=1S/C19H14BF2N3O2/c1-20-27-25-16-10-18(26-17-8-7-13(21)9-15(17)22)23-11-14(16)19(24-25)12-5-3-2-4-6-12/h2-11,20H,1H3. The van der Waals surface area contributed by atoms with Gasteiger partial charge in [-0.2, -0.15) is 0 Å². The summed E-state index contributed by atoms with van der Waals surface area (Å²) in [5, 5.41) is 5.27. The first-order chi connectivity index (χ1) is 13.2. The van der Waals surface area contributed by atoms with Crippen LogP contribution in [0.5, 0.6) is 11.6 Å². The largest absolute Gasteiger partial charge is 0.476 e. The number of benzene rings is 2. The van der Waals surface area contributed by atoms with Crippen molar-refractivity contribution in [2.24, 2.45) is 0 Å². The Morgan fingerprint density at radius 2 is 1.85 bits per heavy atom. The Kier molecular flexibility index (Phi) is 4.46. The van der Waals surface area contributed by atoms with Crippen LogP contribution in [-0.4, -0.2) is 22.4 Å². The molecule has 0 N–H and O–H groups in total. The van der Waals surface area contributed by atoms with Crippen LogP contribution in [0.2, 0.25) is 6.82 Å². The van der Waals surface area contributed by atoms with Crippen LogP contribution in [0, 0.1) is 11.6 Å². The Labute approximate surface area is 154 Å². The summed E-state index contributed by atoms with van der Waals surface area (Å²) in [6.07, 6.45) is 1.59. The molecule has 0 fully saturated rings. The lowest BCUT2D eigenvalue weighted by Gasteiger charge is -2.07. The first kappa shape index (κ1) is 17.0. The van der Waals surface area contributed by atoms with E-state index in [-0.39, 0.29) is 11.6 Å². The molecule has 27 heavy (non-hydrogen) atoms. The van der Waals surface area contributed by atoms with Gasteiger partial charge in [-0.3, -0.25) is 0 Å². The highest BCUT2D eigenvalue weighted by Gasteiger charge is 2.16. The average Bonchev–Trinajstić information content (AvgIpc) is 3.03. The normalized spacial score (nSPS) is 10.8. The van der Waals surface area contributed by atoms with Crippen LogP contribution >= 0.6 is 0 Å². The minimum atomic E-state index is -0.805. The second-order valence-electron chi connectivity index (χ2n) is 5.72. The summed E-state index contributed by atoms with van der Waals surface area (Å²) in [6.45, 7) is 1.85. The molecule has 2 heterocycles. The third kappa shape index (κ3) is 3.33. The van der Waals surface area contributed by atoms with E-state index in [0.29, 0.717) is 18.7 Å². The fraction of sp³-hybridized carbons (Fsp3) is 0.0526. The first-order valence-electron chi connectivity index (χ1n) is 8.36. The molecule has 0 aliphatic heterocycles. The minimum Gasteiger partial charge on any atom is -0.476 e. The van der Waals surface area contributed by atoms with E-state index in [9.17, 15) is 8.78 Å². The van der Waals surface area contributed by atoms with Gasteiger partial charge in [-0.05, 0) is 19.0 Å². The van der Waals surface area contributed by atoms with Gasteiger partial charge in [-0.25, -0.2) is 13.8 Å². The van der Waals surface area contributed by atoms with Crippen LogP contribution in [0.4, 0.5) is 8.78 Å². The van der Waals surface area contributed by atoms with Crippen LogP contribution in [0.15, 0.2) is 60.8 Å². The summed E-state index contributed by atoms with van der Waals surface area (Å²) in [7, 11) is 0.413. The quantitative estimate of drug-likeness (QED) is 0.502. The third-order valence-corrected chi connectivity index (χ3v) is 3.92. The lowest BCUT2D eigenvalue weighted by atomic mass is 10.1. The van der Waals surface area contributed by atoms with Crippen molar-refractivity contribution in [2.75, 3.05) is 0 Å². The van der Waals surface area contributed by atoms with Crippen LogP contribution in [0.25, 0.3) is 22.2 Å². The molecular weight excluding hydrogens is 351 g/mol. The van der Waals surface area contributed by atoms with Crippen molar-refractivity contribution >= 4 is 18.4 Å². The van der Waals surface area contributed by atoms with Crippen LogP contribution in [-0.2, 0) is 0 Å². The van der Waals surface area contributed by atoms with Crippen molar-refractivity contribution < 1.29 is 18.3 Å². The molecule has 0 unspecified atom stereocenters. The number of hydrogen-bond donors (Lipinski definition) is 0. The van der Waals surface area contributed by atoms with E-state index in [2.05, 4.69) is 10.1 Å². The molecule has 5 nitrogen and oxygen atoms in total. The van der Waals surface area contributed by atoms with E-state index in [0.717, 1.165) is 23.1 Å². The summed E-state index contributed by atoms with van der Waals surface area (Å²) in [5.74, 6) is -1.45. The number of hydrogen-bond acceptors (Lipinski definition) is 4. The lowest BCUT2D eigenvalue weighted by molar-refractivity contribution is 0.262. The molecule has 0 bridgehead atoms. The predicted molar refractivity (Wildman–Crippen MR) is 99.0 cm³/mol. The molecular formula is C19H14BF2N3O2. The SMILES string of the molecule is CBOn1nc(-c2ccccc2)c2cnc(Oc3ccc(F)cc3F)cc21. The van der Waals surface area contributed by atoms with E-state index in [4.69, 9.17) is 9.49 Å². The number of fused-ring (bicyclic) bond motifs is 1. The van der Waals surface area contributed by atoms with Crippen molar-refractivity contribution in [3.05, 3.63) is 72.4 Å². The summed E-state index contributed by atoms with van der Waals surface area (Å²) < 4.78 is 37.9. The fourth-order valence-electron chi connectivity index (χ4n) is 2.72. The molecule has 0 saturated heterocycles. The fourth-order valence-corrected chi connectivity index (χ4v) is 2.72. The molecule has 4 aromatic rings. The third-order valence-electron chi connectivity index (χ3n) is 3.92. The Balaban J connectivity index is 1.78. The molecule has 0 spiro atoms. The average molecular weight is 365 g/mol. The van der Waals surface area contributed by atoms with Gasteiger partial charge in [-0.15, -0.1) is 9.94 Å². The highest BCUT2D eigenvalue weighted by Crippen LogP contribution is 2.30. The first-order valence-corrected chi connectivity index (χ1v) is 8.36. The van der Waals surface area contributed by atoms with Gasteiger partial charge < -0.3 is 9.49 Å². The van der Waals surface area contributed by atoms with E-state index in [1.165, 1.54) is 10.9 Å². The lowest BCUT2D eigenvalue weighted by Crippen LogP contribution is -2.14. The van der Waals surface area contributed by atoms with Crippen LogP contribution in [0.3, 0.4) is 0 Å². The maximum atomic E-state index is 13.8. The van der Waals surface area contributed by atoms with E-state index in [1.54, 1.807) is 12.3 Å². The van der Waals surface area contributed by atoms with Gasteiger partial charge in [0.15, 0.2) is 11.6 Å². The summed E-state index contributed by atoms with van der Waals surface area (Å²) in [6, 6.07) is 14.3. The van der Waals surface area contributed by atoms with Gasteiger partial charge in [0.25, 0.3) is 0 Å².